The fourth-order valence-corrected chi connectivity index (χ4v) is 0.963. The Balaban J connectivity index is 2.89. The monoisotopic (exact) mass is 153 g/mol. The number of rotatable bonds is 2. The van der Waals surface area contributed by atoms with Gasteiger partial charge in [-0.2, -0.15) is 0 Å². The van der Waals surface area contributed by atoms with Crippen LogP contribution in [0.5, 0.6) is 11.5 Å². The lowest BCUT2D eigenvalue weighted by atomic mass is 10.2. The van der Waals surface area contributed by atoms with E-state index < -0.39 is 0 Å². The molecule has 1 rings (SSSR count). The first kappa shape index (κ1) is 7.88. The zero-order valence-electron chi connectivity index (χ0n) is 6.33. The van der Waals surface area contributed by atoms with Gasteiger partial charge in [-0.3, -0.25) is 0 Å². The van der Waals surface area contributed by atoms with E-state index in [-0.39, 0.29) is 11.5 Å². The summed E-state index contributed by atoms with van der Waals surface area (Å²) in [5.41, 5.74) is 0.866. The first-order valence-corrected chi connectivity index (χ1v) is 3.39. The molecule has 3 nitrogen and oxygen atoms in total. The van der Waals surface area contributed by atoms with Crippen LogP contribution in [0.4, 0.5) is 0 Å². The van der Waals surface area contributed by atoms with Crippen molar-refractivity contribution in [3.63, 3.8) is 0 Å². The minimum atomic E-state index is 0.0928. The van der Waals surface area contributed by atoms with Crippen LogP contribution >= 0.6 is 0 Å². The normalized spacial score (nSPS) is 9.91. The van der Waals surface area contributed by atoms with E-state index in [9.17, 15) is 0 Å². The molecule has 0 fully saturated rings. The zero-order valence-corrected chi connectivity index (χ0v) is 6.33. The molecule has 3 N–H and O–H groups in total. The van der Waals surface area contributed by atoms with Crippen LogP contribution in [-0.2, 0) is 6.54 Å². The number of phenols is 2. The highest BCUT2D eigenvalue weighted by molar-refractivity contribution is 5.36. The third kappa shape index (κ3) is 2.13. The van der Waals surface area contributed by atoms with E-state index >= 15 is 0 Å². The SMILES string of the molecule is CNCc1cc(O)cc(O)c1. The summed E-state index contributed by atoms with van der Waals surface area (Å²) < 4.78 is 0. The van der Waals surface area contributed by atoms with E-state index in [2.05, 4.69) is 5.32 Å². The Hall–Kier alpha value is -1.22. The lowest BCUT2D eigenvalue weighted by molar-refractivity contribution is 0.449. The van der Waals surface area contributed by atoms with Crippen LogP contribution in [0.15, 0.2) is 18.2 Å². The molecule has 11 heavy (non-hydrogen) atoms. The topological polar surface area (TPSA) is 52.5 Å². The number of hydrogen-bond donors (Lipinski definition) is 3. The summed E-state index contributed by atoms with van der Waals surface area (Å²) in [6, 6.07) is 4.52. The fraction of sp³-hybridized carbons (Fsp3) is 0.250. The van der Waals surface area contributed by atoms with Gasteiger partial charge in [0.2, 0.25) is 0 Å². The van der Waals surface area contributed by atoms with E-state index in [0.29, 0.717) is 6.54 Å². The van der Waals surface area contributed by atoms with Crippen molar-refractivity contribution >= 4 is 0 Å². The summed E-state index contributed by atoms with van der Waals surface area (Å²) in [4.78, 5) is 0. The van der Waals surface area contributed by atoms with Gasteiger partial charge in [-0.05, 0) is 24.7 Å². The van der Waals surface area contributed by atoms with Crippen molar-refractivity contribution in [2.45, 2.75) is 6.54 Å². The molecular weight excluding hydrogens is 142 g/mol. The second kappa shape index (κ2) is 3.25. The lowest BCUT2D eigenvalue weighted by Gasteiger charge is -2.01. The number of benzene rings is 1. The molecular formula is C8H11NO2. The van der Waals surface area contributed by atoms with Gasteiger partial charge in [-0.25, -0.2) is 0 Å². The number of nitrogens with one attached hydrogen (secondary N) is 1. The Bertz CT molecular complexity index is 228. The molecule has 1 aromatic carbocycles. The zero-order chi connectivity index (χ0) is 8.27. The third-order valence-corrected chi connectivity index (χ3v) is 1.34. The van der Waals surface area contributed by atoms with Crippen molar-refractivity contribution in [3.8, 4) is 11.5 Å². The average molecular weight is 153 g/mol. The molecule has 0 saturated carbocycles. The van der Waals surface area contributed by atoms with Gasteiger partial charge < -0.3 is 15.5 Å². The Morgan fingerprint density at radius 3 is 2.18 bits per heavy atom. The molecule has 60 valence electrons. The van der Waals surface area contributed by atoms with Crippen molar-refractivity contribution in [1.29, 1.82) is 0 Å². The van der Waals surface area contributed by atoms with Crippen molar-refractivity contribution in [3.05, 3.63) is 23.8 Å². The van der Waals surface area contributed by atoms with Crippen LogP contribution < -0.4 is 5.32 Å². The minimum absolute atomic E-state index is 0.0928. The van der Waals surface area contributed by atoms with E-state index in [1.54, 1.807) is 19.2 Å². The maximum Gasteiger partial charge on any atom is 0.119 e. The molecule has 0 unspecified atom stereocenters. The maximum absolute atomic E-state index is 9.03. The largest absolute Gasteiger partial charge is 0.508 e. The standard InChI is InChI=1S/C8H11NO2/c1-9-5-6-2-7(10)4-8(11)3-6/h2-4,9-11H,5H2,1H3. The molecule has 0 atom stereocenters. The van der Waals surface area contributed by atoms with Gasteiger partial charge in [0.25, 0.3) is 0 Å². The van der Waals surface area contributed by atoms with E-state index in [1.165, 1.54) is 6.07 Å². The van der Waals surface area contributed by atoms with Crippen LogP contribution in [0.25, 0.3) is 0 Å². The molecule has 0 bridgehead atoms. The minimum Gasteiger partial charge on any atom is -0.508 e. The van der Waals surface area contributed by atoms with Crippen molar-refractivity contribution in [2.75, 3.05) is 7.05 Å². The molecule has 3 heteroatoms. The smallest absolute Gasteiger partial charge is 0.119 e. The first-order chi connectivity index (χ1) is 5.22. The Labute approximate surface area is 65.3 Å². The molecule has 0 amide bonds. The lowest BCUT2D eigenvalue weighted by Crippen LogP contribution is -2.04. The van der Waals surface area contributed by atoms with E-state index in [4.69, 9.17) is 10.2 Å². The molecule has 0 spiro atoms. The Morgan fingerprint density at radius 1 is 1.18 bits per heavy atom. The maximum atomic E-state index is 9.03. The van der Waals surface area contributed by atoms with Gasteiger partial charge in [0.15, 0.2) is 0 Å². The van der Waals surface area contributed by atoms with Crippen molar-refractivity contribution in [2.24, 2.45) is 0 Å². The molecule has 0 aliphatic carbocycles. The third-order valence-electron chi connectivity index (χ3n) is 1.34. The van der Waals surface area contributed by atoms with Gasteiger partial charge in [-0.15, -0.1) is 0 Å². The van der Waals surface area contributed by atoms with Crippen LogP contribution in [0.1, 0.15) is 5.56 Å². The summed E-state index contributed by atoms with van der Waals surface area (Å²) in [6.07, 6.45) is 0. The average Bonchev–Trinajstić information content (AvgIpc) is 1.85. The van der Waals surface area contributed by atoms with Gasteiger partial charge in [-0.1, -0.05) is 0 Å². The van der Waals surface area contributed by atoms with E-state index in [1.807, 2.05) is 0 Å². The van der Waals surface area contributed by atoms with Crippen LogP contribution in [-0.4, -0.2) is 17.3 Å². The van der Waals surface area contributed by atoms with Gasteiger partial charge in [0.05, 0.1) is 0 Å². The van der Waals surface area contributed by atoms with Gasteiger partial charge in [0.1, 0.15) is 11.5 Å². The number of aromatic hydroxyl groups is 2. The molecule has 0 heterocycles. The summed E-state index contributed by atoms with van der Waals surface area (Å²) in [5.74, 6) is 0.186. The summed E-state index contributed by atoms with van der Waals surface area (Å²) in [5, 5.41) is 21.0. The number of phenolic OH excluding ortho intramolecular Hbond substituents is 2. The molecule has 0 aliphatic heterocycles. The fourth-order valence-electron chi connectivity index (χ4n) is 0.963. The molecule has 0 aromatic heterocycles. The second-order valence-electron chi connectivity index (χ2n) is 2.39. The highest BCUT2D eigenvalue weighted by Gasteiger charge is 1.96. The van der Waals surface area contributed by atoms with Crippen molar-refractivity contribution in [1.82, 2.24) is 5.32 Å². The van der Waals surface area contributed by atoms with Gasteiger partial charge >= 0.3 is 0 Å². The predicted molar refractivity (Wildman–Crippen MR) is 42.5 cm³/mol. The van der Waals surface area contributed by atoms with E-state index in [0.717, 1.165) is 5.56 Å². The quantitative estimate of drug-likeness (QED) is 0.589. The molecule has 0 radical (unpaired) electrons. The Morgan fingerprint density at radius 2 is 1.73 bits per heavy atom. The summed E-state index contributed by atoms with van der Waals surface area (Å²) in [6.45, 7) is 0.641. The summed E-state index contributed by atoms with van der Waals surface area (Å²) >= 11 is 0. The second-order valence-corrected chi connectivity index (χ2v) is 2.39. The predicted octanol–water partition coefficient (Wildman–Crippen LogP) is 0.817. The van der Waals surface area contributed by atoms with Crippen LogP contribution in [0.3, 0.4) is 0 Å². The highest BCUT2D eigenvalue weighted by Crippen LogP contribution is 2.19. The highest BCUT2D eigenvalue weighted by atomic mass is 16.3. The van der Waals surface area contributed by atoms with Crippen LogP contribution in [0, 0.1) is 0 Å². The first-order valence-electron chi connectivity index (χ1n) is 3.39. The molecule has 0 saturated heterocycles. The summed E-state index contributed by atoms with van der Waals surface area (Å²) in [7, 11) is 1.81. The van der Waals surface area contributed by atoms with Gasteiger partial charge in [0, 0.05) is 12.6 Å². The van der Waals surface area contributed by atoms with Crippen LogP contribution in [0.2, 0.25) is 0 Å². The molecule has 0 aliphatic rings. The number of hydrogen-bond acceptors (Lipinski definition) is 3. The molecule has 1 aromatic rings. The van der Waals surface area contributed by atoms with Crippen molar-refractivity contribution < 1.29 is 10.2 Å². The Kier molecular flexibility index (Phi) is 2.33.